The lowest BCUT2D eigenvalue weighted by molar-refractivity contribution is -0.274. The van der Waals surface area contributed by atoms with Gasteiger partial charge in [-0.1, -0.05) is 74.1 Å². The van der Waals surface area contributed by atoms with Gasteiger partial charge in [0.1, 0.15) is 18.1 Å². The van der Waals surface area contributed by atoms with E-state index in [4.69, 9.17) is 0 Å². The van der Waals surface area contributed by atoms with Crippen molar-refractivity contribution in [3.05, 3.63) is 130 Å². The minimum atomic E-state index is -4.77. The molecule has 5 aromatic rings. The Morgan fingerprint density at radius 1 is 0.868 bits per heavy atom. The molecule has 0 fully saturated rings. The predicted molar refractivity (Wildman–Crippen MR) is 199 cm³/mol. The highest BCUT2D eigenvalue weighted by Gasteiger charge is 2.31. The fourth-order valence-electron chi connectivity index (χ4n) is 5.59. The third-order valence-corrected chi connectivity index (χ3v) is 9.51. The quantitative estimate of drug-likeness (QED) is 0.0589. The Balaban J connectivity index is 0.00000627. The van der Waals surface area contributed by atoms with Gasteiger partial charge < -0.3 is 19.1 Å². The van der Waals surface area contributed by atoms with Crippen LogP contribution in [-0.4, -0.2) is 67.6 Å². The fraction of sp³-hybridized carbons (Fsp3) is 0.316. The first-order chi connectivity index (χ1) is 24.9. The summed E-state index contributed by atoms with van der Waals surface area (Å²) in [5, 5.41) is 4.57. The fourth-order valence-corrected chi connectivity index (χ4v) is 6.51. The number of amides is 1. The van der Waals surface area contributed by atoms with E-state index in [1.165, 1.54) is 36.0 Å². The molecule has 0 aliphatic rings. The molecular formula is C38H41ClF4N6O3S. The van der Waals surface area contributed by atoms with Crippen molar-refractivity contribution in [3.8, 4) is 16.9 Å². The zero-order valence-corrected chi connectivity index (χ0v) is 31.2. The number of hydrogen-bond donors (Lipinski definition) is 0. The molecule has 0 saturated heterocycles. The molecule has 0 saturated carbocycles. The Kier molecular flexibility index (Phi) is 14.7. The van der Waals surface area contributed by atoms with Crippen molar-refractivity contribution < 1.29 is 27.1 Å². The molecule has 2 aromatic heterocycles. The number of halogens is 5. The van der Waals surface area contributed by atoms with Crippen LogP contribution in [-0.2, 0) is 37.1 Å². The van der Waals surface area contributed by atoms with Gasteiger partial charge in [-0.3, -0.25) is 14.3 Å². The van der Waals surface area contributed by atoms with E-state index in [0.29, 0.717) is 48.1 Å². The molecule has 0 aliphatic carbocycles. The van der Waals surface area contributed by atoms with Crippen molar-refractivity contribution in [1.29, 1.82) is 0 Å². The maximum absolute atomic E-state index is 14.2. The van der Waals surface area contributed by atoms with E-state index in [1.54, 1.807) is 57.9 Å². The number of thioether (sulfide) groups is 1. The number of carbonyl (C=O) groups is 1. The summed E-state index contributed by atoms with van der Waals surface area (Å²) in [4.78, 5) is 35.8. The van der Waals surface area contributed by atoms with Gasteiger partial charge in [0.05, 0.1) is 6.20 Å². The SMILES string of the molecule is CCN(CC)CCN(Cc1ccc(-c2ccc(OC(F)(F)F)cc2)cc1)C(=O)Cn1cc(Cc2cnn(C)c2)c(=O)nc1SCc1ccc(F)cc1.Cl. The number of aromatic nitrogens is 4. The maximum Gasteiger partial charge on any atom is 0.573 e. The molecule has 0 atom stereocenters. The van der Waals surface area contributed by atoms with E-state index in [2.05, 4.69) is 33.6 Å². The Hall–Kier alpha value is -4.66. The van der Waals surface area contributed by atoms with E-state index >= 15 is 0 Å². The number of carbonyl (C=O) groups excluding carboxylic acids is 1. The number of ether oxygens (including phenoxy) is 1. The molecule has 3 aromatic carbocycles. The van der Waals surface area contributed by atoms with Crippen LogP contribution in [0.4, 0.5) is 17.6 Å². The second kappa shape index (κ2) is 18.9. The highest BCUT2D eigenvalue weighted by molar-refractivity contribution is 7.98. The topological polar surface area (TPSA) is 85.5 Å². The van der Waals surface area contributed by atoms with E-state index in [-0.39, 0.29) is 36.4 Å². The first-order valence-electron chi connectivity index (χ1n) is 16.8. The Morgan fingerprint density at radius 3 is 2.08 bits per heavy atom. The van der Waals surface area contributed by atoms with Crippen LogP contribution >= 0.6 is 24.2 Å². The molecular weight excluding hydrogens is 732 g/mol. The van der Waals surface area contributed by atoms with E-state index in [9.17, 15) is 27.2 Å². The van der Waals surface area contributed by atoms with Gasteiger partial charge >= 0.3 is 6.36 Å². The van der Waals surface area contributed by atoms with Gasteiger partial charge in [0.15, 0.2) is 5.16 Å². The molecule has 9 nitrogen and oxygen atoms in total. The molecule has 0 N–H and O–H groups in total. The summed E-state index contributed by atoms with van der Waals surface area (Å²) < 4.78 is 58.7. The van der Waals surface area contributed by atoms with E-state index in [0.717, 1.165) is 35.3 Å². The lowest BCUT2D eigenvalue weighted by Crippen LogP contribution is -2.40. The molecule has 53 heavy (non-hydrogen) atoms. The van der Waals surface area contributed by atoms with Crippen LogP contribution in [0.5, 0.6) is 5.75 Å². The molecule has 282 valence electrons. The van der Waals surface area contributed by atoms with Gasteiger partial charge in [-0.25, -0.2) is 4.39 Å². The van der Waals surface area contributed by atoms with Crippen LogP contribution in [0.2, 0.25) is 0 Å². The summed E-state index contributed by atoms with van der Waals surface area (Å²) in [5.41, 5.74) is 4.09. The van der Waals surface area contributed by atoms with Crippen molar-refractivity contribution in [3.63, 3.8) is 0 Å². The summed E-state index contributed by atoms with van der Waals surface area (Å²) in [5.74, 6) is -0.395. The van der Waals surface area contributed by atoms with Crippen LogP contribution in [0, 0.1) is 5.82 Å². The van der Waals surface area contributed by atoms with Crippen LogP contribution in [0.15, 0.2) is 101 Å². The maximum atomic E-state index is 14.2. The van der Waals surface area contributed by atoms with Crippen molar-refractivity contribution in [2.24, 2.45) is 7.05 Å². The summed E-state index contributed by atoms with van der Waals surface area (Å²) in [7, 11) is 1.79. The number of nitrogens with zero attached hydrogens (tertiary/aromatic N) is 6. The lowest BCUT2D eigenvalue weighted by Gasteiger charge is -2.27. The van der Waals surface area contributed by atoms with Gasteiger partial charge in [0.2, 0.25) is 5.91 Å². The predicted octanol–water partition coefficient (Wildman–Crippen LogP) is 7.36. The molecule has 2 heterocycles. The molecule has 5 rings (SSSR count). The summed E-state index contributed by atoms with van der Waals surface area (Å²) in [6, 6.07) is 19.3. The van der Waals surface area contributed by atoms with Crippen LogP contribution in [0.1, 0.15) is 36.1 Å². The van der Waals surface area contributed by atoms with Crippen molar-refractivity contribution in [2.75, 3.05) is 26.2 Å². The van der Waals surface area contributed by atoms with E-state index < -0.39 is 11.9 Å². The highest BCUT2D eigenvalue weighted by Crippen LogP contribution is 2.27. The molecule has 0 aliphatic heterocycles. The van der Waals surface area contributed by atoms with Crippen molar-refractivity contribution in [2.45, 2.75) is 50.6 Å². The first-order valence-corrected chi connectivity index (χ1v) is 17.8. The van der Waals surface area contributed by atoms with Crippen molar-refractivity contribution >= 4 is 30.1 Å². The largest absolute Gasteiger partial charge is 0.573 e. The summed E-state index contributed by atoms with van der Waals surface area (Å²) in [6.07, 6.45) is 0.731. The second-order valence-electron chi connectivity index (χ2n) is 12.2. The number of likely N-dealkylation sites (N-methyl/N-ethyl adjacent to an activating group) is 1. The van der Waals surface area contributed by atoms with Gasteiger partial charge in [-0.05, 0) is 65.2 Å². The average Bonchev–Trinajstić information content (AvgIpc) is 3.53. The number of rotatable bonds is 16. The van der Waals surface area contributed by atoms with Crippen LogP contribution in [0.3, 0.4) is 0 Å². The number of aryl methyl sites for hydroxylation is 1. The van der Waals surface area contributed by atoms with Gasteiger partial charge in [-0.15, -0.1) is 25.6 Å². The summed E-state index contributed by atoms with van der Waals surface area (Å²) >= 11 is 1.30. The monoisotopic (exact) mass is 772 g/mol. The smallest absolute Gasteiger partial charge is 0.406 e. The van der Waals surface area contributed by atoms with Gasteiger partial charge in [0, 0.05) is 56.8 Å². The normalized spacial score (nSPS) is 11.4. The number of benzene rings is 3. The van der Waals surface area contributed by atoms with E-state index in [1.807, 2.05) is 30.5 Å². The highest BCUT2D eigenvalue weighted by atomic mass is 35.5. The average molecular weight is 773 g/mol. The molecule has 0 unspecified atom stereocenters. The molecule has 0 bridgehead atoms. The number of hydrogen-bond acceptors (Lipinski definition) is 7. The zero-order valence-electron chi connectivity index (χ0n) is 29.6. The second-order valence-corrected chi connectivity index (χ2v) is 13.1. The Morgan fingerprint density at radius 2 is 1.49 bits per heavy atom. The third kappa shape index (κ3) is 12.2. The minimum absolute atomic E-state index is 0. The van der Waals surface area contributed by atoms with Crippen molar-refractivity contribution in [1.82, 2.24) is 29.1 Å². The number of alkyl halides is 3. The standard InChI is InChI=1S/C38H40F4N6O3S.ClH/c1-4-46(5-2)18-19-47(23-27-6-10-30(11-7-27)31-12-16-34(17-13-31)51-38(40,41)42)35(49)25-48-24-32(20-29-21-43-45(3)22-29)36(50)44-37(48)52-26-28-8-14-33(39)15-9-28;/h6-17,21-22,24H,4-5,18-20,23,25-26H2,1-3H3;1H. The first kappa shape index (κ1) is 41.1. The Labute approximate surface area is 316 Å². The van der Waals surface area contributed by atoms with Gasteiger partial charge in [-0.2, -0.15) is 10.1 Å². The summed E-state index contributed by atoms with van der Waals surface area (Å²) in [6.45, 7) is 7.14. The molecule has 0 radical (unpaired) electrons. The minimum Gasteiger partial charge on any atom is -0.406 e. The molecule has 1 amide bonds. The van der Waals surface area contributed by atoms with Crippen LogP contribution < -0.4 is 10.3 Å². The molecule has 0 spiro atoms. The van der Waals surface area contributed by atoms with Crippen LogP contribution in [0.25, 0.3) is 11.1 Å². The Bertz CT molecular complexity index is 1980. The zero-order chi connectivity index (χ0) is 37.3. The third-order valence-electron chi connectivity index (χ3n) is 8.45. The van der Waals surface area contributed by atoms with Gasteiger partial charge in [0.25, 0.3) is 5.56 Å². The molecule has 15 heteroatoms. The lowest BCUT2D eigenvalue weighted by atomic mass is 10.0.